The molecular formula is C23H34N2O5. The molecule has 7 nitrogen and oxygen atoms in total. The number of aromatic nitrogens is 1. The van der Waals surface area contributed by atoms with E-state index in [4.69, 9.17) is 18.7 Å². The Kier molecular flexibility index (Phi) is 7.12. The van der Waals surface area contributed by atoms with Crippen LogP contribution in [0.4, 0.5) is 0 Å². The maximum Gasteiger partial charge on any atom is 0.265 e. The summed E-state index contributed by atoms with van der Waals surface area (Å²) in [5, 5.41) is 15.1. The number of fused-ring (bicyclic) bond motifs is 1. The van der Waals surface area contributed by atoms with E-state index in [2.05, 4.69) is 23.9 Å². The average molecular weight is 419 g/mol. The fourth-order valence-corrected chi connectivity index (χ4v) is 4.23. The van der Waals surface area contributed by atoms with Crippen LogP contribution in [0.1, 0.15) is 33.1 Å². The zero-order valence-corrected chi connectivity index (χ0v) is 18.1. The van der Waals surface area contributed by atoms with Gasteiger partial charge in [-0.3, -0.25) is 0 Å². The molecule has 4 rings (SSSR count). The van der Waals surface area contributed by atoms with E-state index in [-0.39, 0.29) is 12.0 Å². The molecule has 0 aliphatic carbocycles. The van der Waals surface area contributed by atoms with E-state index < -0.39 is 0 Å². The molecule has 2 aliphatic heterocycles. The standard InChI is InChI=1S/C23H34N2O5/c1-16(2)13-28-20-4-3-5-21-22(20)23(24-30-21)29-14-17-6-9-25(10-7-17)12-18-15-27-11-8-19(18)26/h3-5,16-19,26H,6-15H2,1-2H3. The first-order valence-electron chi connectivity index (χ1n) is 11.2. The number of hydrogen-bond donors (Lipinski definition) is 1. The molecule has 7 heteroatoms. The van der Waals surface area contributed by atoms with Crippen LogP contribution in [0.3, 0.4) is 0 Å². The van der Waals surface area contributed by atoms with Crippen molar-refractivity contribution in [3.8, 4) is 11.6 Å². The lowest BCUT2D eigenvalue weighted by Crippen LogP contribution is -2.44. The van der Waals surface area contributed by atoms with Crippen LogP contribution in [0.25, 0.3) is 11.0 Å². The number of aliphatic hydroxyl groups is 1. The molecule has 2 aliphatic rings. The van der Waals surface area contributed by atoms with Crippen LogP contribution in [-0.2, 0) is 4.74 Å². The highest BCUT2D eigenvalue weighted by Crippen LogP contribution is 2.34. The zero-order chi connectivity index (χ0) is 20.9. The van der Waals surface area contributed by atoms with Gasteiger partial charge in [0.25, 0.3) is 5.88 Å². The van der Waals surface area contributed by atoms with Crippen LogP contribution in [0.2, 0.25) is 0 Å². The van der Waals surface area contributed by atoms with Crippen molar-refractivity contribution < 1.29 is 23.8 Å². The van der Waals surface area contributed by atoms with Gasteiger partial charge in [-0.1, -0.05) is 19.9 Å². The number of ether oxygens (including phenoxy) is 3. The number of hydrogen-bond acceptors (Lipinski definition) is 7. The lowest BCUT2D eigenvalue weighted by molar-refractivity contribution is -0.0496. The summed E-state index contributed by atoms with van der Waals surface area (Å²) in [7, 11) is 0. The highest BCUT2D eigenvalue weighted by atomic mass is 16.5. The lowest BCUT2D eigenvalue weighted by Gasteiger charge is -2.36. The minimum absolute atomic E-state index is 0.229. The van der Waals surface area contributed by atoms with Crippen molar-refractivity contribution >= 4 is 11.0 Å². The van der Waals surface area contributed by atoms with Crippen LogP contribution in [0.5, 0.6) is 11.6 Å². The highest BCUT2D eigenvalue weighted by Gasteiger charge is 2.28. The highest BCUT2D eigenvalue weighted by molar-refractivity contribution is 5.88. The Morgan fingerprint density at radius 2 is 2.03 bits per heavy atom. The van der Waals surface area contributed by atoms with Gasteiger partial charge in [0.1, 0.15) is 11.1 Å². The molecule has 0 saturated carbocycles. The van der Waals surface area contributed by atoms with E-state index in [0.717, 1.165) is 50.0 Å². The maximum absolute atomic E-state index is 10.2. The summed E-state index contributed by atoms with van der Waals surface area (Å²) in [6.07, 6.45) is 2.68. The van der Waals surface area contributed by atoms with Crippen molar-refractivity contribution in [2.75, 3.05) is 46.1 Å². The predicted octanol–water partition coefficient (Wildman–Crippen LogP) is 3.35. The summed E-state index contributed by atoms with van der Waals surface area (Å²) in [5.41, 5.74) is 0.689. The van der Waals surface area contributed by atoms with Gasteiger partial charge >= 0.3 is 0 Å². The first kappa shape index (κ1) is 21.4. The van der Waals surface area contributed by atoms with Gasteiger partial charge in [0.05, 0.1) is 25.9 Å². The van der Waals surface area contributed by atoms with Crippen LogP contribution in [0.15, 0.2) is 22.7 Å². The summed E-state index contributed by atoms with van der Waals surface area (Å²) in [5.74, 6) is 2.45. The first-order chi connectivity index (χ1) is 14.6. The average Bonchev–Trinajstić information content (AvgIpc) is 3.17. The molecule has 3 heterocycles. The largest absolute Gasteiger partial charge is 0.492 e. The Morgan fingerprint density at radius 3 is 2.80 bits per heavy atom. The topological polar surface area (TPSA) is 77.2 Å². The zero-order valence-electron chi connectivity index (χ0n) is 18.1. The number of likely N-dealkylation sites (tertiary alicyclic amines) is 1. The molecule has 1 aromatic carbocycles. The number of piperidine rings is 1. The molecule has 2 aromatic rings. The lowest BCUT2D eigenvalue weighted by atomic mass is 9.94. The molecule has 1 aromatic heterocycles. The van der Waals surface area contributed by atoms with E-state index in [1.807, 2.05) is 18.2 Å². The van der Waals surface area contributed by atoms with E-state index in [9.17, 15) is 5.11 Å². The molecule has 0 amide bonds. The monoisotopic (exact) mass is 418 g/mol. The molecular weight excluding hydrogens is 384 g/mol. The second kappa shape index (κ2) is 9.98. The Hall–Kier alpha value is -1.83. The molecule has 0 radical (unpaired) electrons. The van der Waals surface area contributed by atoms with Crippen molar-refractivity contribution in [2.24, 2.45) is 17.8 Å². The van der Waals surface area contributed by atoms with Gasteiger partial charge in [-0.15, -0.1) is 0 Å². The summed E-state index contributed by atoms with van der Waals surface area (Å²) < 4.78 is 23.0. The second-order valence-corrected chi connectivity index (χ2v) is 9.07. The van der Waals surface area contributed by atoms with Gasteiger partial charge in [-0.05, 0) is 61.5 Å². The van der Waals surface area contributed by atoms with Crippen LogP contribution in [0, 0.1) is 17.8 Å². The third kappa shape index (κ3) is 5.25. The van der Waals surface area contributed by atoms with E-state index in [1.165, 1.54) is 0 Å². The van der Waals surface area contributed by atoms with Gasteiger partial charge in [-0.25, -0.2) is 0 Å². The molecule has 166 valence electrons. The third-order valence-corrected chi connectivity index (χ3v) is 6.09. The predicted molar refractivity (Wildman–Crippen MR) is 114 cm³/mol. The van der Waals surface area contributed by atoms with Crippen molar-refractivity contribution in [2.45, 2.75) is 39.2 Å². The smallest absolute Gasteiger partial charge is 0.265 e. The Balaban J connectivity index is 1.29. The fraction of sp³-hybridized carbons (Fsp3) is 0.696. The first-order valence-corrected chi connectivity index (χ1v) is 11.2. The van der Waals surface area contributed by atoms with Gasteiger partial charge in [0, 0.05) is 19.1 Å². The molecule has 2 unspecified atom stereocenters. The minimum atomic E-state index is -0.229. The summed E-state index contributed by atoms with van der Waals surface area (Å²) in [4.78, 5) is 2.45. The molecule has 0 bridgehead atoms. The number of rotatable bonds is 8. The van der Waals surface area contributed by atoms with E-state index >= 15 is 0 Å². The third-order valence-electron chi connectivity index (χ3n) is 6.09. The van der Waals surface area contributed by atoms with Crippen LogP contribution < -0.4 is 9.47 Å². The minimum Gasteiger partial charge on any atom is -0.492 e. The number of nitrogens with zero attached hydrogens (tertiary/aromatic N) is 2. The van der Waals surface area contributed by atoms with Crippen molar-refractivity contribution in [3.63, 3.8) is 0 Å². The molecule has 2 fully saturated rings. The molecule has 0 spiro atoms. The Labute approximate surface area is 178 Å². The molecule has 1 N–H and O–H groups in total. The van der Waals surface area contributed by atoms with Gasteiger partial charge < -0.3 is 28.7 Å². The quantitative estimate of drug-likeness (QED) is 0.704. The molecule has 2 atom stereocenters. The second-order valence-electron chi connectivity index (χ2n) is 9.07. The number of benzene rings is 1. The van der Waals surface area contributed by atoms with E-state index in [1.54, 1.807) is 0 Å². The normalized spacial score (nSPS) is 23.9. The van der Waals surface area contributed by atoms with Gasteiger partial charge in [0.2, 0.25) is 0 Å². The van der Waals surface area contributed by atoms with Crippen LogP contribution in [-0.4, -0.2) is 67.3 Å². The van der Waals surface area contributed by atoms with Gasteiger partial charge in [-0.2, -0.15) is 0 Å². The van der Waals surface area contributed by atoms with Crippen LogP contribution >= 0.6 is 0 Å². The van der Waals surface area contributed by atoms with Crippen molar-refractivity contribution in [1.82, 2.24) is 10.1 Å². The SMILES string of the molecule is CC(C)COc1cccc2onc(OCC3CCN(CC4COCCC4O)CC3)c12. The summed E-state index contributed by atoms with van der Waals surface area (Å²) in [6.45, 7) is 9.84. The summed E-state index contributed by atoms with van der Waals surface area (Å²) >= 11 is 0. The Bertz CT molecular complexity index is 800. The molecule has 2 saturated heterocycles. The van der Waals surface area contributed by atoms with Crippen molar-refractivity contribution in [3.05, 3.63) is 18.2 Å². The van der Waals surface area contributed by atoms with Gasteiger partial charge in [0.15, 0.2) is 5.58 Å². The summed E-state index contributed by atoms with van der Waals surface area (Å²) in [6, 6.07) is 5.74. The fourth-order valence-electron chi connectivity index (χ4n) is 4.23. The maximum atomic E-state index is 10.2. The van der Waals surface area contributed by atoms with Crippen molar-refractivity contribution in [1.29, 1.82) is 0 Å². The molecule has 30 heavy (non-hydrogen) atoms. The Morgan fingerprint density at radius 1 is 1.20 bits per heavy atom. The number of aliphatic hydroxyl groups excluding tert-OH is 1. The van der Waals surface area contributed by atoms with E-state index in [0.29, 0.717) is 49.7 Å².